The molecular formula is C23H22N4O3S2. The molecule has 0 aliphatic carbocycles. The van der Waals surface area contributed by atoms with E-state index in [2.05, 4.69) is 10.3 Å². The van der Waals surface area contributed by atoms with Crippen molar-refractivity contribution >= 4 is 45.0 Å². The van der Waals surface area contributed by atoms with Crippen molar-refractivity contribution in [1.82, 2.24) is 14.1 Å². The Bertz CT molecular complexity index is 1450. The van der Waals surface area contributed by atoms with E-state index in [9.17, 15) is 14.4 Å². The van der Waals surface area contributed by atoms with Gasteiger partial charge in [0, 0.05) is 5.69 Å². The molecule has 7 nitrogen and oxygen atoms in total. The third-order valence-electron chi connectivity index (χ3n) is 5.31. The second kappa shape index (κ2) is 8.76. The van der Waals surface area contributed by atoms with Gasteiger partial charge in [-0.3, -0.25) is 14.2 Å². The molecule has 0 atom stereocenters. The Morgan fingerprint density at radius 1 is 1.09 bits per heavy atom. The van der Waals surface area contributed by atoms with E-state index >= 15 is 0 Å². The average Bonchev–Trinajstić information content (AvgIpc) is 3.21. The van der Waals surface area contributed by atoms with Crippen LogP contribution in [-0.4, -0.2) is 26.3 Å². The zero-order valence-corrected chi connectivity index (χ0v) is 19.8. The lowest BCUT2D eigenvalue weighted by Gasteiger charge is -2.13. The van der Waals surface area contributed by atoms with E-state index in [0.717, 1.165) is 21.3 Å². The molecule has 0 radical (unpaired) electrons. The molecule has 4 aromatic rings. The first-order valence-corrected chi connectivity index (χ1v) is 12.0. The highest BCUT2D eigenvalue weighted by Gasteiger charge is 2.20. The molecule has 2 aromatic heterocycles. The summed E-state index contributed by atoms with van der Waals surface area (Å²) in [6.07, 6.45) is 1.85. The second-order valence-corrected chi connectivity index (χ2v) is 9.53. The highest BCUT2D eigenvalue weighted by Crippen LogP contribution is 2.25. The van der Waals surface area contributed by atoms with Crippen LogP contribution in [0.1, 0.15) is 16.7 Å². The van der Waals surface area contributed by atoms with Crippen molar-refractivity contribution in [2.75, 3.05) is 11.6 Å². The molecule has 0 spiro atoms. The first kappa shape index (κ1) is 22.0. The third kappa shape index (κ3) is 4.01. The topological polar surface area (TPSA) is 86.0 Å². The molecule has 164 valence electrons. The average molecular weight is 467 g/mol. The summed E-state index contributed by atoms with van der Waals surface area (Å²) in [6.45, 7) is 5.57. The van der Waals surface area contributed by atoms with E-state index in [1.165, 1.54) is 27.7 Å². The summed E-state index contributed by atoms with van der Waals surface area (Å²) in [5.74, 6) is -0.366. The smallest absolute Gasteiger partial charge is 0.324 e. The van der Waals surface area contributed by atoms with Crippen LogP contribution >= 0.6 is 23.1 Å². The molecule has 0 aliphatic heterocycles. The summed E-state index contributed by atoms with van der Waals surface area (Å²) < 4.78 is 3.37. The van der Waals surface area contributed by atoms with Crippen molar-refractivity contribution in [3.63, 3.8) is 0 Å². The zero-order chi connectivity index (χ0) is 23.0. The maximum Gasteiger partial charge on any atom is 0.337 e. The van der Waals surface area contributed by atoms with Gasteiger partial charge in [-0.15, -0.1) is 11.3 Å². The summed E-state index contributed by atoms with van der Waals surface area (Å²) in [5.41, 5.74) is 3.37. The van der Waals surface area contributed by atoms with Gasteiger partial charge in [0.2, 0.25) is 5.91 Å². The summed E-state index contributed by atoms with van der Waals surface area (Å²) in [5, 5.41) is 2.88. The molecular weight excluding hydrogens is 444 g/mol. The molecule has 1 N–H and O–H groups in total. The van der Waals surface area contributed by atoms with Gasteiger partial charge in [-0.2, -0.15) is 0 Å². The monoisotopic (exact) mass is 466 g/mol. The standard InChI is InChI=1S/C23H22N4O3S2/c1-13-8-10-16(11-9-13)27-21(29)19-20(25-22(31-4)32-19)26(23(27)30)12-18(28)24-17-7-5-6-14(2)15(17)3/h5-11H,12H2,1-4H3,(H,24,28). The van der Waals surface area contributed by atoms with Gasteiger partial charge >= 0.3 is 5.69 Å². The number of aromatic nitrogens is 3. The number of anilines is 1. The molecule has 9 heteroatoms. The SMILES string of the molecule is CSc1nc2c(s1)c(=O)n(-c1ccc(C)cc1)c(=O)n2CC(=O)Nc1cccc(C)c1C. The molecule has 1 amide bonds. The van der Waals surface area contributed by atoms with Crippen molar-refractivity contribution < 1.29 is 4.79 Å². The number of amides is 1. The van der Waals surface area contributed by atoms with Crippen LogP contribution in [0.5, 0.6) is 0 Å². The number of thiazole rings is 1. The van der Waals surface area contributed by atoms with Gasteiger partial charge in [0.25, 0.3) is 5.56 Å². The second-order valence-electron chi connectivity index (χ2n) is 7.48. The summed E-state index contributed by atoms with van der Waals surface area (Å²) >= 11 is 2.61. The van der Waals surface area contributed by atoms with Crippen LogP contribution in [0.15, 0.2) is 56.4 Å². The van der Waals surface area contributed by atoms with E-state index < -0.39 is 11.2 Å². The Balaban J connectivity index is 1.84. The Kier molecular flexibility index (Phi) is 6.03. The minimum atomic E-state index is -0.597. The summed E-state index contributed by atoms with van der Waals surface area (Å²) in [4.78, 5) is 43.9. The molecule has 0 unspecified atom stereocenters. The fraction of sp³-hybridized carbons (Fsp3) is 0.217. The van der Waals surface area contributed by atoms with Gasteiger partial charge in [-0.1, -0.05) is 41.6 Å². The highest BCUT2D eigenvalue weighted by atomic mass is 32.2. The molecule has 0 aliphatic rings. The normalized spacial score (nSPS) is 11.1. The quantitative estimate of drug-likeness (QED) is 0.451. The molecule has 0 bridgehead atoms. The number of hydrogen-bond acceptors (Lipinski definition) is 6. The number of nitrogens with zero attached hydrogens (tertiary/aromatic N) is 3. The third-order valence-corrected chi connectivity index (χ3v) is 7.33. The lowest BCUT2D eigenvalue weighted by atomic mass is 10.1. The Morgan fingerprint density at radius 2 is 1.81 bits per heavy atom. The molecule has 32 heavy (non-hydrogen) atoms. The number of carbonyl (C=O) groups is 1. The number of benzene rings is 2. The van der Waals surface area contributed by atoms with E-state index in [-0.39, 0.29) is 18.1 Å². The number of hydrogen-bond donors (Lipinski definition) is 1. The van der Waals surface area contributed by atoms with Crippen molar-refractivity contribution in [2.45, 2.75) is 31.7 Å². The van der Waals surface area contributed by atoms with Crippen molar-refractivity contribution in [1.29, 1.82) is 0 Å². The van der Waals surface area contributed by atoms with Crippen molar-refractivity contribution in [2.24, 2.45) is 0 Å². The lowest BCUT2D eigenvalue weighted by molar-refractivity contribution is -0.116. The minimum Gasteiger partial charge on any atom is -0.324 e. The lowest BCUT2D eigenvalue weighted by Crippen LogP contribution is -2.40. The molecule has 2 aromatic carbocycles. The predicted octanol–water partition coefficient (Wildman–Crippen LogP) is 3.89. The maximum absolute atomic E-state index is 13.4. The predicted molar refractivity (Wildman–Crippen MR) is 131 cm³/mol. The largest absolute Gasteiger partial charge is 0.337 e. The Labute approximate surface area is 192 Å². The Morgan fingerprint density at radius 3 is 2.50 bits per heavy atom. The van der Waals surface area contributed by atoms with Gasteiger partial charge in [-0.05, 0) is 56.4 Å². The van der Waals surface area contributed by atoms with Crippen LogP contribution in [0.3, 0.4) is 0 Å². The first-order chi connectivity index (χ1) is 15.3. The van der Waals surface area contributed by atoms with Crippen LogP contribution in [0.25, 0.3) is 16.0 Å². The van der Waals surface area contributed by atoms with Gasteiger partial charge in [0.1, 0.15) is 11.2 Å². The van der Waals surface area contributed by atoms with Gasteiger partial charge in [-0.25, -0.2) is 14.3 Å². The maximum atomic E-state index is 13.4. The summed E-state index contributed by atoms with van der Waals surface area (Å²) in [7, 11) is 0. The molecule has 2 heterocycles. The number of thioether (sulfide) groups is 1. The van der Waals surface area contributed by atoms with Gasteiger partial charge < -0.3 is 5.32 Å². The number of aryl methyl sites for hydroxylation is 2. The van der Waals surface area contributed by atoms with Crippen molar-refractivity contribution in [3.05, 3.63) is 80.0 Å². The fourth-order valence-corrected chi connectivity index (χ4v) is 4.88. The molecule has 0 saturated carbocycles. The number of fused-ring (bicyclic) bond motifs is 1. The summed E-state index contributed by atoms with van der Waals surface area (Å²) in [6, 6.07) is 12.8. The minimum absolute atomic E-state index is 0.230. The fourth-order valence-electron chi connectivity index (χ4n) is 3.39. The van der Waals surface area contributed by atoms with Crippen LogP contribution in [0.2, 0.25) is 0 Å². The Hall–Kier alpha value is -3.17. The number of carbonyl (C=O) groups excluding carboxylic acids is 1. The van der Waals surface area contributed by atoms with Gasteiger partial charge in [0.15, 0.2) is 9.99 Å². The highest BCUT2D eigenvalue weighted by molar-refractivity contribution is 8.00. The van der Waals surface area contributed by atoms with Crippen molar-refractivity contribution in [3.8, 4) is 5.69 Å². The van der Waals surface area contributed by atoms with Crippen LogP contribution < -0.4 is 16.6 Å². The molecule has 4 rings (SSSR count). The first-order valence-electron chi connectivity index (χ1n) is 9.93. The van der Waals surface area contributed by atoms with E-state index in [4.69, 9.17) is 0 Å². The van der Waals surface area contributed by atoms with E-state index in [1.807, 2.05) is 57.4 Å². The van der Waals surface area contributed by atoms with Crippen LogP contribution in [-0.2, 0) is 11.3 Å². The number of rotatable bonds is 5. The van der Waals surface area contributed by atoms with Crippen LogP contribution in [0, 0.1) is 20.8 Å². The van der Waals surface area contributed by atoms with Gasteiger partial charge in [0.05, 0.1) is 5.69 Å². The van der Waals surface area contributed by atoms with Crippen LogP contribution in [0.4, 0.5) is 5.69 Å². The zero-order valence-electron chi connectivity index (χ0n) is 18.1. The molecule has 0 saturated heterocycles. The number of nitrogens with one attached hydrogen (secondary N) is 1. The molecule has 0 fully saturated rings. The van der Waals surface area contributed by atoms with E-state index in [1.54, 1.807) is 12.1 Å². The van der Waals surface area contributed by atoms with E-state index in [0.29, 0.717) is 20.4 Å².